The molecular formula is C10H11F6NO3. The number of amides is 1. The molecule has 0 aromatic rings. The molecule has 0 aromatic carbocycles. The van der Waals surface area contributed by atoms with Crippen molar-refractivity contribution in [2.24, 2.45) is 0 Å². The van der Waals surface area contributed by atoms with Crippen LogP contribution in [0.3, 0.4) is 0 Å². The van der Waals surface area contributed by atoms with Crippen molar-refractivity contribution in [2.45, 2.75) is 49.9 Å². The van der Waals surface area contributed by atoms with E-state index in [-0.39, 0.29) is 19.1 Å². The molecule has 4 nitrogen and oxygen atoms in total. The number of hydrogen-bond donors (Lipinski definition) is 1. The number of ether oxygens (including phenoxy) is 1. The first kappa shape index (κ1) is 16.7. The van der Waals surface area contributed by atoms with Crippen molar-refractivity contribution < 1.29 is 40.7 Å². The molecular weight excluding hydrogens is 296 g/mol. The largest absolute Gasteiger partial charge is 0.471 e. The Kier molecular flexibility index (Phi) is 4.37. The van der Waals surface area contributed by atoms with E-state index in [1.165, 1.54) is 5.32 Å². The van der Waals surface area contributed by atoms with Crippen molar-refractivity contribution in [3.05, 3.63) is 0 Å². The molecule has 0 saturated heterocycles. The van der Waals surface area contributed by atoms with E-state index >= 15 is 0 Å². The second-order valence-corrected chi connectivity index (χ2v) is 4.45. The van der Waals surface area contributed by atoms with Crippen molar-refractivity contribution >= 4 is 12.2 Å². The van der Waals surface area contributed by atoms with Gasteiger partial charge in [-0.1, -0.05) is 0 Å². The van der Waals surface area contributed by atoms with Gasteiger partial charge in [0.25, 0.3) is 0 Å². The summed E-state index contributed by atoms with van der Waals surface area (Å²) in [5.41, 5.74) is -2.43. The predicted molar refractivity (Wildman–Crippen MR) is 52.6 cm³/mol. The fourth-order valence-electron chi connectivity index (χ4n) is 1.51. The number of carbonyl (C=O) groups is 2. The van der Waals surface area contributed by atoms with Gasteiger partial charge in [0.15, 0.2) is 5.60 Å². The maximum Gasteiger partial charge on any atom is 0.471 e. The minimum Gasteiger partial charge on any atom is -0.360 e. The van der Waals surface area contributed by atoms with Crippen LogP contribution in [0.2, 0.25) is 0 Å². The van der Waals surface area contributed by atoms with Gasteiger partial charge in [-0.2, -0.15) is 26.3 Å². The third kappa shape index (κ3) is 3.62. The van der Waals surface area contributed by atoms with Crippen LogP contribution in [0.15, 0.2) is 0 Å². The molecule has 0 spiro atoms. The lowest BCUT2D eigenvalue weighted by molar-refractivity contribution is -0.248. The summed E-state index contributed by atoms with van der Waals surface area (Å²) in [5.74, 6) is -2.41. The smallest absolute Gasteiger partial charge is 0.360 e. The first-order valence-electron chi connectivity index (χ1n) is 5.50. The third-order valence-electron chi connectivity index (χ3n) is 2.84. The maximum atomic E-state index is 12.6. The maximum absolute atomic E-state index is 12.6. The zero-order valence-corrected chi connectivity index (χ0v) is 10.1. The molecule has 1 rings (SSSR count). The Balaban J connectivity index is 2.67. The standard InChI is InChI=1S/C10H11F6NO3/c1-5(20-8(2-3-8)10(14,15)16)6(4-18)17-7(19)9(11,12)13/h4-6H,2-3H2,1H3,(H,17,19). The molecule has 20 heavy (non-hydrogen) atoms. The highest BCUT2D eigenvalue weighted by molar-refractivity contribution is 5.84. The van der Waals surface area contributed by atoms with Gasteiger partial charge in [-0.3, -0.25) is 4.79 Å². The molecule has 0 aliphatic heterocycles. The summed E-state index contributed by atoms with van der Waals surface area (Å²) in [7, 11) is 0. The summed E-state index contributed by atoms with van der Waals surface area (Å²) in [5, 5.41) is 1.28. The number of nitrogens with one attached hydrogen (secondary N) is 1. The van der Waals surface area contributed by atoms with Gasteiger partial charge in [0, 0.05) is 0 Å². The molecule has 1 amide bonds. The Morgan fingerprint density at radius 2 is 1.75 bits per heavy atom. The van der Waals surface area contributed by atoms with E-state index in [4.69, 9.17) is 0 Å². The molecule has 1 N–H and O–H groups in total. The second-order valence-electron chi connectivity index (χ2n) is 4.45. The van der Waals surface area contributed by atoms with Gasteiger partial charge in [-0.25, -0.2) is 0 Å². The summed E-state index contributed by atoms with van der Waals surface area (Å²) in [6, 6.07) is -1.82. The average molecular weight is 307 g/mol. The third-order valence-corrected chi connectivity index (χ3v) is 2.84. The molecule has 0 aromatic heterocycles. The Morgan fingerprint density at radius 3 is 2.05 bits per heavy atom. The van der Waals surface area contributed by atoms with E-state index in [9.17, 15) is 35.9 Å². The Hall–Kier alpha value is -1.32. The molecule has 1 aliphatic rings. The highest BCUT2D eigenvalue weighted by atomic mass is 19.4. The summed E-state index contributed by atoms with van der Waals surface area (Å²) >= 11 is 0. The summed E-state index contributed by atoms with van der Waals surface area (Å²) in [6.07, 6.45) is -12.2. The molecule has 1 saturated carbocycles. The van der Waals surface area contributed by atoms with Crippen LogP contribution in [0, 0.1) is 0 Å². The minimum absolute atomic E-state index is 0.0965. The molecule has 0 heterocycles. The van der Waals surface area contributed by atoms with E-state index < -0.39 is 36.0 Å². The number of hydrogen-bond acceptors (Lipinski definition) is 3. The molecule has 0 bridgehead atoms. The fraction of sp³-hybridized carbons (Fsp3) is 0.800. The van der Waals surface area contributed by atoms with Crippen molar-refractivity contribution in [2.75, 3.05) is 0 Å². The van der Waals surface area contributed by atoms with Gasteiger partial charge in [0.05, 0.1) is 6.10 Å². The predicted octanol–water partition coefficient (Wildman–Crippen LogP) is 1.73. The van der Waals surface area contributed by atoms with Crippen LogP contribution in [0.25, 0.3) is 0 Å². The van der Waals surface area contributed by atoms with Gasteiger partial charge in [0.1, 0.15) is 12.3 Å². The highest BCUT2D eigenvalue weighted by Crippen LogP contribution is 2.52. The van der Waals surface area contributed by atoms with E-state index in [1.807, 2.05) is 0 Å². The zero-order valence-electron chi connectivity index (χ0n) is 10.1. The van der Waals surface area contributed by atoms with E-state index in [1.54, 1.807) is 0 Å². The number of rotatable bonds is 5. The first-order valence-corrected chi connectivity index (χ1v) is 5.50. The van der Waals surface area contributed by atoms with Crippen LogP contribution in [0.5, 0.6) is 0 Å². The van der Waals surface area contributed by atoms with Crippen LogP contribution in [0.4, 0.5) is 26.3 Å². The van der Waals surface area contributed by atoms with Crippen LogP contribution in [-0.4, -0.2) is 42.3 Å². The normalized spacial score (nSPS) is 20.9. The van der Waals surface area contributed by atoms with Crippen molar-refractivity contribution in [3.8, 4) is 0 Å². The number of alkyl halides is 6. The second kappa shape index (κ2) is 5.23. The lowest BCUT2D eigenvalue weighted by Crippen LogP contribution is -2.51. The summed E-state index contributed by atoms with van der Waals surface area (Å²) in [6.45, 7) is 0.988. The molecule has 10 heteroatoms. The monoisotopic (exact) mass is 307 g/mol. The summed E-state index contributed by atoms with van der Waals surface area (Å²) < 4.78 is 78.4. The number of carbonyl (C=O) groups excluding carboxylic acids is 2. The molecule has 0 radical (unpaired) electrons. The lowest BCUT2D eigenvalue weighted by atomic mass is 10.2. The Bertz CT molecular complexity index is 387. The van der Waals surface area contributed by atoms with Crippen molar-refractivity contribution in [1.29, 1.82) is 0 Å². The Labute approximate surface area is 109 Å². The molecule has 1 aliphatic carbocycles. The molecule has 116 valence electrons. The van der Waals surface area contributed by atoms with Gasteiger partial charge in [0.2, 0.25) is 0 Å². The highest BCUT2D eigenvalue weighted by Gasteiger charge is 2.65. The molecule has 1 fully saturated rings. The lowest BCUT2D eigenvalue weighted by Gasteiger charge is -2.27. The van der Waals surface area contributed by atoms with Crippen molar-refractivity contribution in [1.82, 2.24) is 5.32 Å². The minimum atomic E-state index is -5.23. The SMILES string of the molecule is CC(OC1(C(F)(F)F)CC1)C(C=O)NC(=O)C(F)(F)F. The van der Waals surface area contributed by atoms with E-state index in [0.29, 0.717) is 0 Å². The quantitative estimate of drug-likeness (QED) is 0.622. The first-order chi connectivity index (χ1) is 8.93. The van der Waals surface area contributed by atoms with Crippen LogP contribution >= 0.6 is 0 Å². The van der Waals surface area contributed by atoms with Gasteiger partial charge < -0.3 is 14.8 Å². The Morgan fingerprint density at radius 1 is 1.25 bits per heavy atom. The fourth-order valence-corrected chi connectivity index (χ4v) is 1.51. The summed E-state index contributed by atoms with van der Waals surface area (Å²) in [4.78, 5) is 21.3. The zero-order chi connectivity index (χ0) is 15.8. The van der Waals surface area contributed by atoms with Gasteiger partial charge in [-0.05, 0) is 19.8 Å². The number of halogens is 6. The van der Waals surface area contributed by atoms with Crippen LogP contribution in [0.1, 0.15) is 19.8 Å². The average Bonchev–Trinajstić information content (AvgIpc) is 3.04. The topological polar surface area (TPSA) is 55.4 Å². The number of aldehydes is 1. The van der Waals surface area contributed by atoms with Gasteiger partial charge in [-0.15, -0.1) is 0 Å². The van der Waals surface area contributed by atoms with Crippen LogP contribution < -0.4 is 5.32 Å². The van der Waals surface area contributed by atoms with E-state index in [2.05, 4.69) is 4.74 Å². The van der Waals surface area contributed by atoms with E-state index in [0.717, 1.165) is 6.92 Å². The van der Waals surface area contributed by atoms with Crippen LogP contribution in [-0.2, 0) is 14.3 Å². The molecule has 2 unspecified atom stereocenters. The van der Waals surface area contributed by atoms with Gasteiger partial charge >= 0.3 is 18.3 Å². The van der Waals surface area contributed by atoms with Crippen molar-refractivity contribution in [3.63, 3.8) is 0 Å². The molecule has 2 atom stereocenters.